The number of para-hydroxylation sites is 2. The van der Waals surface area contributed by atoms with E-state index in [4.69, 9.17) is 5.73 Å². The number of rotatable bonds is 17. The van der Waals surface area contributed by atoms with Crippen LogP contribution < -0.4 is 21.3 Å². The van der Waals surface area contributed by atoms with Crippen LogP contribution in [0, 0.1) is 11.8 Å². The molecular weight excluding hydrogens is 825 g/mol. The molecule has 1 saturated carbocycles. The van der Waals surface area contributed by atoms with Gasteiger partial charge in [-0.3, -0.25) is 0 Å². The Hall–Kier alpha value is -7.24. The Morgan fingerprint density at radius 1 is 0.735 bits per heavy atom. The monoisotopic (exact) mass is 886 g/mol. The smallest absolute Gasteiger partial charge is 0.0838 e. The molecule has 1 fully saturated rings. The fourth-order valence-corrected chi connectivity index (χ4v) is 11.9. The van der Waals surface area contributed by atoms with Gasteiger partial charge in [0.15, 0.2) is 0 Å². The Balaban J connectivity index is 1.06. The minimum atomic E-state index is -0.420. The van der Waals surface area contributed by atoms with E-state index in [0.717, 1.165) is 59.5 Å². The molecule has 4 bridgehead atoms. The van der Waals surface area contributed by atoms with Crippen molar-refractivity contribution in [2.75, 3.05) is 10.2 Å². The molecule has 4 heteroatoms. The maximum atomic E-state index is 6.94. The quantitative estimate of drug-likeness (QED) is 0.0631. The van der Waals surface area contributed by atoms with Crippen molar-refractivity contribution < 1.29 is 0 Å². The van der Waals surface area contributed by atoms with E-state index in [9.17, 15) is 0 Å². The molecule has 7 atom stereocenters. The maximum Gasteiger partial charge on any atom is 0.0838 e. The lowest BCUT2D eigenvalue weighted by Crippen LogP contribution is -2.59. The zero-order valence-electron chi connectivity index (χ0n) is 39.1. The van der Waals surface area contributed by atoms with E-state index in [1.54, 1.807) is 0 Å². The largest absolute Gasteiger partial charge is 0.355 e. The third kappa shape index (κ3) is 8.29. The number of allylic oxidation sites excluding steroid dienone is 11. The van der Waals surface area contributed by atoms with Crippen LogP contribution in [0.1, 0.15) is 84.1 Å². The van der Waals surface area contributed by atoms with Gasteiger partial charge in [0.25, 0.3) is 0 Å². The highest BCUT2D eigenvalue weighted by Crippen LogP contribution is 2.69. The summed E-state index contributed by atoms with van der Waals surface area (Å²) < 4.78 is 0. The second-order valence-corrected chi connectivity index (χ2v) is 18.9. The van der Waals surface area contributed by atoms with Crippen LogP contribution in [0.2, 0.25) is 0 Å². The van der Waals surface area contributed by atoms with Crippen molar-refractivity contribution in [3.05, 3.63) is 283 Å². The molecule has 0 radical (unpaired) electrons. The van der Waals surface area contributed by atoms with Crippen molar-refractivity contribution in [2.24, 2.45) is 17.6 Å². The number of hydrogen-bond acceptors (Lipinski definition) is 4. The zero-order chi connectivity index (χ0) is 46.5. The predicted molar refractivity (Wildman–Crippen MR) is 287 cm³/mol. The summed E-state index contributed by atoms with van der Waals surface area (Å²) in [6.45, 7) is 10.4. The van der Waals surface area contributed by atoms with Gasteiger partial charge in [-0.25, -0.2) is 0 Å². The standard InChI is InChI=1S/C64H62N4/c1-4-6-7-17-29-55(42-51(22-5-2)48-25-13-9-14-26-48)68-62-33-21-18-30-56(62)58-43-52-39-41-64(58,68)63(40-38-53(52)45-63)57-31-19-20-32-60(57)67-54-36-34-50(35-37-54)61(44-59(65)49-27-15-10-16-28-49)66-46(3)47-23-11-8-12-24-47/h4-38,40,42-43,46,52-53,59,61,66-67H,1-2,39,41,44-45,65H2,3H3/b7-6+,29-17+,51-22+,55-42+/t46-,52?,53?,59?,61?,63-,64?/m1/s1. The molecule has 4 N–H and O–H groups in total. The first-order valence-corrected chi connectivity index (χ1v) is 24.4. The van der Waals surface area contributed by atoms with E-state index in [-0.39, 0.29) is 23.5 Å². The number of nitrogens with two attached hydrogens (primary N) is 1. The summed E-state index contributed by atoms with van der Waals surface area (Å²) in [6.07, 6.45) is 28.5. The molecular formula is C64H62N4. The van der Waals surface area contributed by atoms with E-state index in [0.29, 0.717) is 11.8 Å². The molecule has 6 aromatic carbocycles. The number of benzene rings is 6. The van der Waals surface area contributed by atoms with Gasteiger partial charge in [0, 0.05) is 51.9 Å². The van der Waals surface area contributed by atoms with Crippen LogP contribution in [-0.4, -0.2) is 5.54 Å². The predicted octanol–water partition coefficient (Wildman–Crippen LogP) is 15.2. The topological polar surface area (TPSA) is 53.3 Å². The molecule has 0 saturated heterocycles. The molecule has 4 aliphatic carbocycles. The summed E-state index contributed by atoms with van der Waals surface area (Å²) in [5, 5.41) is 7.96. The Labute approximate surface area is 404 Å². The first-order valence-electron chi connectivity index (χ1n) is 24.4. The first kappa shape index (κ1) is 44.6. The van der Waals surface area contributed by atoms with E-state index >= 15 is 0 Å². The third-order valence-corrected chi connectivity index (χ3v) is 15.0. The summed E-state index contributed by atoms with van der Waals surface area (Å²) in [6, 6.07) is 59.1. The summed E-state index contributed by atoms with van der Waals surface area (Å²) in [7, 11) is 0. The van der Waals surface area contributed by atoms with Crippen molar-refractivity contribution in [1.82, 2.24) is 5.32 Å². The van der Waals surface area contributed by atoms with Crippen molar-refractivity contribution in [3.63, 3.8) is 0 Å². The second-order valence-electron chi connectivity index (χ2n) is 18.9. The van der Waals surface area contributed by atoms with Gasteiger partial charge in [-0.15, -0.1) is 0 Å². The van der Waals surface area contributed by atoms with Gasteiger partial charge in [-0.05, 0) is 120 Å². The summed E-state index contributed by atoms with van der Waals surface area (Å²) in [4.78, 5) is 2.72. The average Bonchev–Trinajstić information content (AvgIpc) is 3.90. The second kappa shape index (κ2) is 19.5. The van der Waals surface area contributed by atoms with Crippen LogP contribution in [0.4, 0.5) is 17.1 Å². The maximum absolute atomic E-state index is 6.94. The van der Waals surface area contributed by atoms with Crippen LogP contribution in [-0.2, 0) is 5.41 Å². The molecule has 11 rings (SSSR count). The van der Waals surface area contributed by atoms with Crippen LogP contribution in [0.3, 0.4) is 0 Å². The van der Waals surface area contributed by atoms with Crippen LogP contribution in [0.5, 0.6) is 0 Å². The molecule has 6 aromatic rings. The lowest BCUT2D eigenvalue weighted by molar-refractivity contribution is 0.324. The van der Waals surface area contributed by atoms with E-state index in [1.165, 1.54) is 33.5 Å². The SMILES string of the molecule is C=C/C=C/C=C/C(=C\C(=C/C=C)c1ccccc1)N1c2ccccc2C2=CC3CCC21[C@]1(c2ccccc2Nc2ccc(C(CC(N)c4ccccc4)N[C@H](C)c4ccccc4)cc2)C=CC3C1. The molecule has 68 heavy (non-hydrogen) atoms. The van der Waals surface area contributed by atoms with Gasteiger partial charge in [0.1, 0.15) is 0 Å². The minimum Gasteiger partial charge on any atom is -0.355 e. The molecule has 0 amide bonds. The number of fused-ring (bicyclic) bond motifs is 2. The van der Waals surface area contributed by atoms with Crippen LogP contribution in [0.25, 0.3) is 11.1 Å². The van der Waals surface area contributed by atoms with Gasteiger partial charge in [-0.1, -0.05) is 207 Å². The van der Waals surface area contributed by atoms with E-state index < -0.39 is 5.54 Å². The van der Waals surface area contributed by atoms with Gasteiger partial charge in [-0.2, -0.15) is 0 Å². The van der Waals surface area contributed by atoms with Gasteiger partial charge < -0.3 is 21.3 Å². The molecule has 1 aliphatic heterocycles. The molecule has 338 valence electrons. The molecule has 1 spiro atoms. The summed E-state index contributed by atoms with van der Waals surface area (Å²) >= 11 is 0. The van der Waals surface area contributed by atoms with Crippen molar-refractivity contribution >= 4 is 28.2 Å². The van der Waals surface area contributed by atoms with Gasteiger partial charge in [0.05, 0.1) is 5.54 Å². The van der Waals surface area contributed by atoms with Crippen LogP contribution in [0.15, 0.2) is 249 Å². The van der Waals surface area contributed by atoms with Crippen molar-refractivity contribution in [1.29, 1.82) is 0 Å². The fourth-order valence-electron chi connectivity index (χ4n) is 11.9. The number of hydrogen-bond donors (Lipinski definition) is 3. The number of anilines is 3. The molecule has 1 heterocycles. The Morgan fingerprint density at radius 3 is 2.18 bits per heavy atom. The van der Waals surface area contributed by atoms with E-state index in [1.807, 2.05) is 24.3 Å². The Kier molecular flexibility index (Phi) is 12.8. The van der Waals surface area contributed by atoms with Crippen LogP contribution >= 0.6 is 0 Å². The molecule has 0 aromatic heterocycles. The highest BCUT2D eigenvalue weighted by atomic mass is 15.3. The highest BCUT2D eigenvalue weighted by Gasteiger charge is 2.66. The molecule has 5 unspecified atom stereocenters. The normalized spacial score (nSPS) is 22.9. The van der Waals surface area contributed by atoms with Crippen molar-refractivity contribution in [2.45, 2.75) is 61.7 Å². The highest BCUT2D eigenvalue weighted by molar-refractivity contribution is 5.97. The number of nitrogens with one attached hydrogen (secondary N) is 2. The fraction of sp³-hybridized carbons (Fsp3) is 0.188. The lowest BCUT2D eigenvalue weighted by atomic mass is 9.58. The number of nitrogens with zero attached hydrogens (tertiary/aromatic N) is 1. The average molecular weight is 887 g/mol. The molecule has 4 nitrogen and oxygen atoms in total. The zero-order valence-corrected chi connectivity index (χ0v) is 39.1. The van der Waals surface area contributed by atoms with Gasteiger partial charge in [0.2, 0.25) is 0 Å². The first-order chi connectivity index (χ1) is 33.4. The Morgan fingerprint density at radius 2 is 1.43 bits per heavy atom. The lowest BCUT2D eigenvalue weighted by Gasteiger charge is -2.54. The summed E-state index contributed by atoms with van der Waals surface area (Å²) in [5.74, 6) is 0.914. The van der Waals surface area contributed by atoms with Gasteiger partial charge >= 0.3 is 0 Å². The summed E-state index contributed by atoms with van der Waals surface area (Å²) in [5.41, 5.74) is 20.7. The minimum absolute atomic E-state index is 0.0362. The van der Waals surface area contributed by atoms with E-state index in [2.05, 4.69) is 242 Å². The molecule has 5 aliphatic rings. The van der Waals surface area contributed by atoms with Crippen molar-refractivity contribution in [3.8, 4) is 0 Å². The Bertz CT molecular complexity index is 2890. The third-order valence-electron chi connectivity index (χ3n) is 15.0.